The lowest BCUT2D eigenvalue weighted by atomic mass is 9.91. The van der Waals surface area contributed by atoms with E-state index in [0.29, 0.717) is 0 Å². The maximum atomic E-state index is 11.6. The number of carbonyl (C=O) groups is 1. The number of nitrogens with one attached hydrogen (secondary N) is 1. The molecule has 0 bridgehead atoms. The van der Waals surface area contributed by atoms with Crippen LogP contribution in [0.1, 0.15) is 34.6 Å². The van der Waals surface area contributed by atoms with E-state index >= 15 is 0 Å². The molecule has 0 amide bonds. The summed E-state index contributed by atoms with van der Waals surface area (Å²) >= 11 is 4.19. The number of carbonyl (C=O) groups excluding carboxylic acids is 1. The van der Waals surface area contributed by atoms with E-state index in [1.165, 1.54) is 0 Å². The Kier molecular flexibility index (Phi) is 4.28. The first-order chi connectivity index (χ1) is 5.27. The van der Waals surface area contributed by atoms with Gasteiger partial charge >= 0.3 is 0 Å². The van der Waals surface area contributed by atoms with Crippen LogP contribution in [0.25, 0.3) is 0 Å². The van der Waals surface area contributed by atoms with Crippen molar-refractivity contribution in [3.8, 4) is 0 Å². The molecule has 0 heterocycles. The number of hydrogen-bond donors (Lipinski definition) is 2. The van der Waals surface area contributed by atoms with Crippen LogP contribution < -0.4 is 5.32 Å². The number of ketones is 1. The summed E-state index contributed by atoms with van der Waals surface area (Å²) < 4.78 is 0. The van der Waals surface area contributed by atoms with Crippen molar-refractivity contribution < 1.29 is 4.79 Å². The second-order valence-corrected chi connectivity index (χ2v) is 4.74. The van der Waals surface area contributed by atoms with E-state index in [1.54, 1.807) is 0 Å². The first-order valence-electron chi connectivity index (χ1n) is 4.27. The topological polar surface area (TPSA) is 29.1 Å². The van der Waals surface area contributed by atoms with E-state index in [-0.39, 0.29) is 17.1 Å². The van der Waals surface area contributed by atoms with Gasteiger partial charge in [-0.05, 0) is 20.8 Å². The molecule has 0 saturated carbocycles. The van der Waals surface area contributed by atoms with Crippen molar-refractivity contribution in [1.82, 2.24) is 5.32 Å². The Balaban J connectivity index is 4.29. The standard InChI is InChI=1S/C9H19NOS/c1-6(2)8(11)9(4,5)10-7(3)12/h6-7,10,12H,1-5H3. The lowest BCUT2D eigenvalue weighted by molar-refractivity contribution is -0.127. The van der Waals surface area contributed by atoms with Crippen LogP contribution in [0.4, 0.5) is 0 Å². The summed E-state index contributed by atoms with van der Waals surface area (Å²) in [4.78, 5) is 11.6. The third kappa shape index (κ3) is 3.59. The zero-order chi connectivity index (χ0) is 9.94. The van der Waals surface area contributed by atoms with Crippen LogP contribution in [-0.2, 0) is 4.79 Å². The van der Waals surface area contributed by atoms with Crippen molar-refractivity contribution in [2.75, 3.05) is 0 Å². The molecule has 0 fully saturated rings. The molecule has 72 valence electrons. The van der Waals surface area contributed by atoms with E-state index in [1.807, 2.05) is 34.6 Å². The predicted octanol–water partition coefficient (Wildman–Crippen LogP) is 1.86. The second kappa shape index (κ2) is 4.28. The van der Waals surface area contributed by atoms with Gasteiger partial charge in [0.05, 0.1) is 5.54 Å². The van der Waals surface area contributed by atoms with Crippen LogP contribution in [0.5, 0.6) is 0 Å². The Morgan fingerprint density at radius 1 is 1.33 bits per heavy atom. The van der Waals surface area contributed by atoms with Gasteiger partial charge in [0.25, 0.3) is 0 Å². The first kappa shape index (κ1) is 12.0. The van der Waals surface area contributed by atoms with E-state index < -0.39 is 5.54 Å². The highest BCUT2D eigenvalue weighted by atomic mass is 32.1. The molecule has 0 spiro atoms. The Labute approximate surface area is 80.5 Å². The highest BCUT2D eigenvalue weighted by molar-refractivity contribution is 7.80. The van der Waals surface area contributed by atoms with Crippen LogP contribution in [0.15, 0.2) is 0 Å². The van der Waals surface area contributed by atoms with Gasteiger partial charge in [-0.25, -0.2) is 0 Å². The van der Waals surface area contributed by atoms with Crippen molar-refractivity contribution in [2.24, 2.45) is 5.92 Å². The van der Waals surface area contributed by atoms with Crippen LogP contribution >= 0.6 is 12.6 Å². The van der Waals surface area contributed by atoms with E-state index in [2.05, 4.69) is 17.9 Å². The minimum absolute atomic E-state index is 0.0442. The molecule has 1 unspecified atom stereocenters. The quantitative estimate of drug-likeness (QED) is 0.522. The molecule has 0 radical (unpaired) electrons. The molecule has 0 aromatic carbocycles. The van der Waals surface area contributed by atoms with E-state index in [4.69, 9.17) is 0 Å². The Hall–Kier alpha value is -0.0200. The van der Waals surface area contributed by atoms with E-state index in [0.717, 1.165) is 0 Å². The van der Waals surface area contributed by atoms with Crippen LogP contribution in [0.2, 0.25) is 0 Å². The smallest absolute Gasteiger partial charge is 0.154 e. The third-order valence-corrected chi connectivity index (χ3v) is 1.84. The molecule has 12 heavy (non-hydrogen) atoms. The number of rotatable bonds is 4. The molecular formula is C9H19NOS. The van der Waals surface area contributed by atoms with Crippen molar-refractivity contribution >= 4 is 18.4 Å². The Bertz CT molecular complexity index is 164. The van der Waals surface area contributed by atoms with Crippen molar-refractivity contribution in [2.45, 2.75) is 45.5 Å². The second-order valence-electron chi connectivity index (χ2n) is 3.96. The monoisotopic (exact) mass is 189 g/mol. The van der Waals surface area contributed by atoms with Crippen LogP contribution in [0, 0.1) is 5.92 Å². The fourth-order valence-corrected chi connectivity index (χ4v) is 1.64. The van der Waals surface area contributed by atoms with Gasteiger partial charge < -0.3 is 0 Å². The molecule has 1 atom stereocenters. The zero-order valence-electron chi connectivity index (χ0n) is 8.51. The summed E-state index contributed by atoms with van der Waals surface area (Å²) in [6.07, 6.45) is 0. The van der Waals surface area contributed by atoms with Gasteiger partial charge in [-0.3, -0.25) is 10.1 Å². The van der Waals surface area contributed by atoms with Crippen molar-refractivity contribution in [3.05, 3.63) is 0 Å². The highest BCUT2D eigenvalue weighted by Crippen LogP contribution is 2.12. The summed E-state index contributed by atoms with van der Waals surface area (Å²) in [6.45, 7) is 9.52. The molecule has 3 heteroatoms. The number of hydrogen-bond acceptors (Lipinski definition) is 3. The maximum absolute atomic E-state index is 11.6. The third-order valence-electron chi connectivity index (χ3n) is 1.71. The fourth-order valence-electron chi connectivity index (χ4n) is 1.32. The molecular weight excluding hydrogens is 170 g/mol. The Morgan fingerprint density at radius 2 is 1.75 bits per heavy atom. The van der Waals surface area contributed by atoms with Gasteiger partial charge in [0.1, 0.15) is 0 Å². The van der Waals surface area contributed by atoms with Gasteiger partial charge in [-0.15, -0.1) is 0 Å². The normalized spacial score (nSPS) is 14.9. The summed E-state index contributed by atoms with van der Waals surface area (Å²) in [7, 11) is 0. The number of Topliss-reactive ketones (excluding diaryl/α,β-unsaturated/α-hetero) is 1. The zero-order valence-corrected chi connectivity index (χ0v) is 9.40. The summed E-state index contributed by atoms with van der Waals surface area (Å²) in [5, 5.41) is 3.16. The maximum Gasteiger partial charge on any atom is 0.154 e. The molecule has 0 aliphatic carbocycles. The molecule has 0 aromatic heterocycles. The average molecular weight is 189 g/mol. The predicted molar refractivity (Wildman–Crippen MR) is 55.5 cm³/mol. The lowest BCUT2D eigenvalue weighted by Crippen LogP contribution is -2.50. The minimum Gasteiger partial charge on any atom is -0.297 e. The molecule has 1 N–H and O–H groups in total. The van der Waals surface area contributed by atoms with Gasteiger partial charge in [0, 0.05) is 11.3 Å². The van der Waals surface area contributed by atoms with Crippen LogP contribution in [0.3, 0.4) is 0 Å². The molecule has 0 aromatic rings. The molecule has 0 aliphatic heterocycles. The van der Waals surface area contributed by atoms with Gasteiger partial charge in [-0.1, -0.05) is 13.8 Å². The SMILES string of the molecule is CC(S)NC(C)(C)C(=O)C(C)C. The highest BCUT2D eigenvalue weighted by Gasteiger charge is 2.29. The van der Waals surface area contributed by atoms with Crippen LogP contribution in [-0.4, -0.2) is 16.7 Å². The number of thiol groups is 1. The summed E-state index contributed by atoms with van der Waals surface area (Å²) in [6, 6.07) is 0. The van der Waals surface area contributed by atoms with Gasteiger partial charge in [0.15, 0.2) is 5.78 Å². The fraction of sp³-hybridized carbons (Fsp3) is 0.889. The lowest BCUT2D eigenvalue weighted by Gasteiger charge is -2.28. The first-order valence-corrected chi connectivity index (χ1v) is 4.79. The summed E-state index contributed by atoms with van der Waals surface area (Å²) in [5.41, 5.74) is -0.463. The van der Waals surface area contributed by atoms with E-state index in [9.17, 15) is 4.79 Å². The summed E-state index contributed by atoms with van der Waals surface area (Å²) in [5.74, 6) is 0.294. The van der Waals surface area contributed by atoms with Gasteiger partial charge in [0.2, 0.25) is 0 Å². The van der Waals surface area contributed by atoms with Crippen molar-refractivity contribution in [3.63, 3.8) is 0 Å². The average Bonchev–Trinajstić information content (AvgIpc) is 1.82. The molecule has 2 nitrogen and oxygen atoms in total. The molecule has 0 aliphatic rings. The minimum atomic E-state index is -0.463. The molecule has 0 rings (SSSR count). The van der Waals surface area contributed by atoms with Crippen molar-refractivity contribution in [1.29, 1.82) is 0 Å². The largest absolute Gasteiger partial charge is 0.297 e. The van der Waals surface area contributed by atoms with Gasteiger partial charge in [-0.2, -0.15) is 12.6 Å². The Morgan fingerprint density at radius 3 is 2.00 bits per heavy atom. The molecule has 0 saturated heterocycles.